The summed E-state index contributed by atoms with van der Waals surface area (Å²) < 4.78 is 12.9. The van der Waals surface area contributed by atoms with Crippen molar-refractivity contribution in [1.82, 2.24) is 26.3 Å². The first-order chi connectivity index (χ1) is 18.8. The van der Waals surface area contributed by atoms with Gasteiger partial charge in [-0.2, -0.15) is 4.39 Å². The molecule has 0 bridgehead atoms. The normalized spacial score (nSPS) is 12.7. The number of halogens is 1. The lowest BCUT2D eigenvalue weighted by molar-refractivity contribution is -0.141. The van der Waals surface area contributed by atoms with Gasteiger partial charge < -0.3 is 41.7 Å². The van der Waals surface area contributed by atoms with Gasteiger partial charge in [0, 0.05) is 25.6 Å². The van der Waals surface area contributed by atoms with Crippen molar-refractivity contribution in [3.05, 3.63) is 29.8 Å². The topological polar surface area (TPSA) is 261 Å². The van der Waals surface area contributed by atoms with E-state index < -0.39 is 78.6 Å². The molecule has 4 amide bonds. The van der Waals surface area contributed by atoms with Crippen LogP contribution < -0.4 is 21.3 Å². The van der Waals surface area contributed by atoms with E-state index in [4.69, 9.17) is 10.2 Å². The third-order valence-electron chi connectivity index (χ3n) is 5.35. The third kappa shape index (κ3) is 13.1. The monoisotopic (exact) mass is 571 g/mol. The molecule has 0 fully saturated rings. The van der Waals surface area contributed by atoms with Crippen LogP contribution in [0.3, 0.4) is 0 Å². The Morgan fingerprint density at radius 2 is 1.30 bits per heavy atom. The van der Waals surface area contributed by atoms with Crippen molar-refractivity contribution in [1.29, 1.82) is 0 Å². The number of carboxylic acids is 4. The molecule has 0 radical (unpaired) electrons. The van der Waals surface area contributed by atoms with Crippen molar-refractivity contribution < 1.29 is 58.4 Å². The number of carbonyl (C=O) groups excluding carboxylic acids is 3. The fraction of sp³-hybridized carbons (Fsp3) is 0.478. The van der Waals surface area contributed by atoms with Gasteiger partial charge in [0.05, 0.1) is 5.56 Å². The minimum Gasteiger partial charge on any atom is -0.481 e. The van der Waals surface area contributed by atoms with Crippen molar-refractivity contribution in [2.45, 2.75) is 63.1 Å². The summed E-state index contributed by atoms with van der Waals surface area (Å²) in [6.07, 6.45) is -0.0641. The molecule has 17 heteroatoms. The molecule has 16 nitrogen and oxygen atoms in total. The number of pyridine rings is 1. The predicted octanol–water partition coefficient (Wildman–Crippen LogP) is -0.459. The maximum atomic E-state index is 12.9. The van der Waals surface area contributed by atoms with Crippen LogP contribution in [-0.4, -0.2) is 91.8 Å². The Bertz CT molecular complexity index is 1080. The Labute approximate surface area is 226 Å². The Kier molecular flexibility index (Phi) is 14.0. The quantitative estimate of drug-likeness (QED) is 0.0822. The lowest BCUT2D eigenvalue weighted by atomic mass is 10.1. The molecule has 1 heterocycles. The molecular weight excluding hydrogens is 541 g/mol. The van der Waals surface area contributed by atoms with Crippen molar-refractivity contribution in [2.75, 3.05) is 6.54 Å². The minimum atomic E-state index is -1.53. The second-order valence-electron chi connectivity index (χ2n) is 8.45. The SMILES string of the molecule is O=C(O)CC[C@H](NC(=O)N[C@@H](CCCCNC(=O)CC[C@H](NC(=O)c1ccc(F)nc1)C(=O)O)C(=O)O)C(=O)O. The zero-order chi connectivity index (χ0) is 30.2. The first-order valence-electron chi connectivity index (χ1n) is 12.0. The second kappa shape index (κ2) is 16.9. The number of aliphatic carboxylic acids is 4. The first-order valence-corrected chi connectivity index (χ1v) is 12.0. The van der Waals surface area contributed by atoms with E-state index in [1.54, 1.807) is 0 Å². The minimum absolute atomic E-state index is 0.0661. The highest BCUT2D eigenvalue weighted by Gasteiger charge is 2.25. The number of amides is 4. The molecule has 1 aromatic rings. The van der Waals surface area contributed by atoms with E-state index in [0.29, 0.717) is 0 Å². The molecule has 0 aromatic carbocycles. The molecule has 3 atom stereocenters. The first kappa shape index (κ1) is 33.2. The van der Waals surface area contributed by atoms with Crippen molar-refractivity contribution >= 4 is 41.7 Å². The number of urea groups is 1. The fourth-order valence-corrected chi connectivity index (χ4v) is 3.21. The highest BCUT2D eigenvalue weighted by molar-refractivity contribution is 5.96. The van der Waals surface area contributed by atoms with Crippen LogP contribution in [0.1, 0.15) is 55.3 Å². The molecule has 0 spiro atoms. The Balaban J connectivity index is 2.41. The summed E-state index contributed by atoms with van der Waals surface area (Å²) in [5.41, 5.74) is -0.0661. The van der Waals surface area contributed by atoms with Gasteiger partial charge in [-0.3, -0.25) is 14.4 Å². The number of aromatic nitrogens is 1. The Morgan fingerprint density at radius 3 is 1.82 bits per heavy atom. The Morgan fingerprint density at radius 1 is 0.750 bits per heavy atom. The number of nitrogens with one attached hydrogen (secondary N) is 4. The number of carbonyl (C=O) groups is 7. The molecule has 0 aliphatic carbocycles. The van der Waals surface area contributed by atoms with Crippen LogP contribution in [0.5, 0.6) is 0 Å². The van der Waals surface area contributed by atoms with Crippen LogP contribution in [-0.2, 0) is 24.0 Å². The van der Waals surface area contributed by atoms with Gasteiger partial charge in [0.15, 0.2) is 0 Å². The zero-order valence-electron chi connectivity index (χ0n) is 21.1. The molecule has 220 valence electrons. The number of nitrogens with zero attached hydrogens (tertiary/aromatic N) is 1. The van der Waals surface area contributed by atoms with E-state index in [0.717, 1.165) is 18.3 Å². The molecule has 0 unspecified atom stereocenters. The number of carboxylic acid groups (broad SMARTS) is 4. The summed E-state index contributed by atoms with van der Waals surface area (Å²) in [5.74, 6) is -7.69. The molecule has 0 aliphatic rings. The summed E-state index contributed by atoms with van der Waals surface area (Å²) in [6.45, 7) is 0.0962. The van der Waals surface area contributed by atoms with Gasteiger partial charge in [-0.15, -0.1) is 0 Å². The van der Waals surface area contributed by atoms with Gasteiger partial charge in [-0.25, -0.2) is 24.2 Å². The molecule has 8 N–H and O–H groups in total. The number of unbranched alkanes of at least 4 members (excludes halogenated alkanes) is 1. The average Bonchev–Trinajstić information content (AvgIpc) is 2.87. The molecule has 1 aromatic heterocycles. The van der Waals surface area contributed by atoms with E-state index in [1.807, 2.05) is 5.32 Å². The van der Waals surface area contributed by atoms with Crippen molar-refractivity contribution in [2.24, 2.45) is 0 Å². The van der Waals surface area contributed by atoms with Crippen LogP contribution in [0, 0.1) is 5.95 Å². The summed E-state index contributed by atoms with van der Waals surface area (Å²) >= 11 is 0. The lowest BCUT2D eigenvalue weighted by Crippen LogP contribution is -2.51. The highest BCUT2D eigenvalue weighted by Crippen LogP contribution is 2.05. The maximum absolute atomic E-state index is 12.9. The van der Waals surface area contributed by atoms with Gasteiger partial charge in [0.2, 0.25) is 11.9 Å². The molecule has 0 saturated carbocycles. The summed E-state index contributed by atoms with van der Waals surface area (Å²) in [4.78, 5) is 84.1. The van der Waals surface area contributed by atoms with Crippen LogP contribution in [0.2, 0.25) is 0 Å². The van der Waals surface area contributed by atoms with Crippen molar-refractivity contribution in [3.8, 4) is 0 Å². The van der Waals surface area contributed by atoms with Crippen LogP contribution >= 0.6 is 0 Å². The van der Waals surface area contributed by atoms with Gasteiger partial charge in [0.25, 0.3) is 5.91 Å². The van der Waals surface area contributed by atoms with Crippen molar-refractivity contribution in [3.63, 3.8) is 0 Å². The van der Waals surface area contributed by atoms with E-state index >= 15 is 0 Å². The molecule has 1 rings (SSSR count). The summed E-state index contributed by atoms with van der Waals surface area (Å²) in [6, 6.07) is -3.37. The molecule has 40 heavy (non-hydrogen) atoms. The molecular formula is C23H30FN5O11. The van der Waals surface area contributed by atoms with E-state index in [9.17, 15) is 48.2 Å². The number of rotatable bonds is 18. The molecule has 0 aliphatic heterocycles. The largest absolute Gasteiger partial charge is 0.481 e. The van der Waals surface area contributed by atoms with E-state index in [-0.39, 0.29) is 44.2 Å². The third-order valence-corrected chi connectivity index (χ3v) is 5.35. The van der Waals surface area contributed by atoms with Crippen LogP contribution in [0.25, 0.3) is 0 Å². The smallest absolute Gasteiger partial charge is 0.326 e. The van der Waals surface area contributed by atoms with Crippen LogP contribution in [0.15, 0.2) is 18.3 Å². The summed E-state index contributed by atoms with van der Waals surface area (Å²) in [7, 11) is 0. The summed E-state index contributed by atoms with van der Waals surface area (Å²) in [5, 5.41) is 45.2. The van der Waals surface area contributed by atoms with Gasteiger partial charge >= 0.3 is 29.9 Å². The number of hydrogen-bond donors (Lipinski definition) is 8. The highest BCUT2D eigenvalue weighted by atomic mass is 19.1. The van der Waals surface area contributed by atoms with E-state index in [1.165, 1.54) is 0 Å². The second-order valence-corrected chi connectivity index (χ2v) is 8.45. The van der Waals surface area contributed by atoms with E-state index in [2.05, 4.69) is 20.9 Å². The lowest BCUT2D eigenvalue weighted by Gasteiger charge is -2.18. The maximum Gasteiger partial charge on any atom is 0.326 e. The Hall–Kier alpha value is -4.83. The van der Waals surface area contributed by atoms with Gasteiger partial charge in [-0.05, 0) is 44.2 Å². The average molecular weight is 572 g/mol. The fourth-order valence-electron chi connectivity index (χ4n) is 3.21. The molecule has 0 saturated heterocycles. The predicted molar refractivity (Wildman–Crippen MR) is 131 cm³/mol. The van der Waals surface area contributed by atoms with Gasteiger partial charge in [0.1, 0.15) is 18.1 Å². The number of hydrogen-bond acceptors (Lipinski definition) is 8. The standard InChI is InChI=1S/C23H30FN5O11/c24-16-7-4-12(11-26-16)19(33)27-14(21(36)37)5-8-17(30)25-10-2-1-3-13(20(34)35)28-23(40)29-15(22(38)39)6-9-18(31)32/h4,7,11,13-15H,1-3,5-6,8-10H2,(H,25,30)(H,27,33)(H,31,32)(H,34,35)(H,36,37)(H,38,39)(H2,28,29,40)/t13-,14-,15-/m0/s1. The zero-order valence-corrected chi connectivity index (χ0v) is 21.1. The van der Waals surface area contributed by atoms with Crippen LogP contribution in [0.4, 0.5) is 9.18 Å². The van der Waals surface area contributed by atoms with Gasteiger partial charge in [-0.1, -0.05) is 0 Å².